The van der Waals surface area contributed by atoms with Crippen molar-refractivity contribution in [2.45, 2.75) is 26.2 Å². The summed E-state index contributed by atoms with van der Waals surface area (Å²) in [5, 5.41) is 1.03. The second kappa shape index (κ2) is 5.56. The van der Waals surface area contributed by atoms with Crippen LogP contribution in [0.2, 0.25) is 19.6 Å². The predicted octanol–water partition coefficient (Wildman–Crippen LogP) is 3.31. The maximum Gasteiger partial charge on any atom is 0.354 e. The molecule has 0 bridgehead atoms. The molecule has 104 valence electrons. The molecule has 0 saturated heterocycles. The van der Waals surface area contributed by atoms with Gasteiger partial charge in [0.15, 0.2) is 0 Å². The van der Waals surface area contributed by atoms with E-state index in [2.05, 4.69) is 31.1 Å². The van der Waals surface area contributed by atoms with Crippen molar-refractivity contribution in [1.82, 2.24) is 4.57 Å². The second-order valence-corrected chi connectivity index (χ2v) is 10.5. The number of carbonyl (C=O) groups excluding carboxylic acids is 1. The molecular weight excluding hydrogens is 266 g/mol. The molecule has 0 unspecified atom stereocenters. The molecule has 0 amide bonds. The van der Waals surface area contributed by atoms with Crippen molar-refractivity contribution in [3.8, 4) is 11.5 Å². The minimum absolute atomic E-state index is 0.323. The maximum atomic E-state index is 11.9. The zero-order chi connectivity index (χ0) is 14.8. The van der Waals surface area contributed by atoms with Crippen molar-refractivity contribution in [2.24, 2.45) is 0 Å². The zero-order valence-corrected chi connectivity index (χ0v) is 13.4. The summed E-state index contributed by atoms with van der Waals surface area (Å²) in [5.74, 6) is 2.88. The van der Waals surface area contributed by atoms with Crippen LogP contribution >= 0.6 is 0 Å². The number of hydrogen-bond acceptors (Lipinski definition) is 2. The number of rotatable bonds is 2. The van der Waals surface area contributed by atoms with Crippen LogP contribution in [0, 0.1) is 11.5 Å². The smallest absolute Gasteiger partial charge is 0.354 e. The van der Waals surface area contributed by atoms with Crippen LogP contribution < -0.4 is 0 Å². The van der Waals surface area contributed by atoms with E-state index < -0.39 is 8.07 Å². The van der Waals surface area contributed by atoms with Crippen LogP contribution in [0.15, 0.2) is 30.3 Å². The number of hydrogen-bond donors (Lipinski definition) is 0. The molecule has 0 radical (unpaired) electrons. The SMILES string of the molecule is COC(=O)c1cc2ccccc2n1CC#C[Si](C)(C)C. The molecule has 2 rings (SSSR count). The number of fused-ring (bicyclic) bond motifs is 1. The molecule has 2 aromatic rings. The van der Waals surface area contributed by atoms with Crippen LogP contribution in [0.5, 0.6) is 0 Å². The minimum atomic E-state index is -1.40. The van der Waals surface area contributed by atoms with Gasteiger partial charge in [0.2, 0.25) is 0 Å². The fraction of sp³-hybridized carbons (Fsp3) is 0.312. The van der Waals surface area contributed by atoms with Gasteiger partial charge in [-0.1, -0.05) is 43.8 Å². The molecule has 0 atom stereocenters. The van der Waals surface area contributed by atoms with E-state index in [-0.39, 0.29) is 5.97 Å². The van der Waals surface area contributed by atoms with Crippen molar-refractivity contribution in [2.75, 3.05) is 7.11 Å². The molecule has 1 aromatic heterocycles. The van der Waals surface area contributed by atoms with E-state index in [0.717, 1.165) is 10.9 Å². The van der Waals surface area contributed by atoms with E-state index in [0.29, 0.717) is 12.2 Å². The predicted molar refractivity (Wildman–Crippen MR) is 84.4 cm³/mol. The highest BCUT2D eigenvalue weighted by Gasteiger charge is 2.15. The van der Waals surface area contributed by atoms with Gasteiger partial charge in [-0.2, -0.15) is 0 Å². The number of benzene rings is 1. The Labute approximate surface area is 120 Å². The Hall–Kier alpha value is -1.99. The van der Waals surface area contributed by atoms with E-state index >= 15 is 0 Å². The minimum Gasteiger partial charge on any atom is -0.464 e. The number of nitrogens with zero attached hydrogens (tertiary/aromatic N) is 1. The molecule has 0 saturated carbocycles. The average molecular weight is 285 g/mol. The van der Waals surface area contributed by atoms with Crippen molar-refractivity contribution in [3.63, 3.8) is 0 Å². The van der Waals surface area contributed by atoms with Crippen LogP contribution in [-0.2, 0) is 11.3 Å². The van der Waals surface area contributed by atoms with Crippen molar-refractivity contribution in [3.05, 3.63) is 36.0 Å². The summed E-state index contributed by atoms with van der Waals surface area (Å²) in [6.07, 6.45) is 0. The number of methoxy groups -OCH3 is 1. The lowest BCUT2D eigenvalue weighted by Crippen LogP contribution is -2.17. The Morgan fingerprint density at radius 1 is 1.30 bits per heavy atom. The highest BCUT2D eigenvalue weighted by molar-refractivity contribution is 6.83. The Balaban J connectivity index is 2.48. The van der Waals surface area contributed by atoms with Crippen molar-refractivity contribution >= 4 is 24.9 Å². The Morgan fingerprint density at radius 2 is 2.00 bits per heavy atom. The van der Waals surface area contributed by atoms with E-state index in [4.69, 9.17) is 4.74 Å². The third kappa shape index (κ3) is 3.12. The van der Waals surface area contributed by atoms with E-state index in [1.165, 1.54) is 7.11 Å². The van der Waals surface area contributed by atoms with Gasteiger partial charge in [0.25, 0.3) is 0 Å². The molecule has 1 aromatic carbocycles. The number of esters is 1. The van der Waals surface area contributed by atoms with Crippen molar-refractivity contribution in [1.29, 1.82) is 0 Å². The molecule has 0 aliphatic carbocycles. The Bertz CT molecular complexity index is 699. The van der Waals surface area contributed by atoms with Crippen molar-refractivity contribution < 1.29 is 9.53 Å². The standard InChI is InChI=1S/C16H19NO2Si/c1-19-16(18)15-12-13-8-5-6-9-14(13)17(15)10-7-11-20(2,3)4/h5-6,8-9,12H,10H2,1-4H3. The first-order valence-corrected chi connectivity index (χ1v) is 10.1. The van der Waals surface area contributed by atoms with Gasteiger partial charge in [0, 0.05) is 10.9 Å². The first-order chi connectivity index (χ1) is 9.42. The first-order valence-electron chi connectivity index (χ1n) is 6.59. The molecule has 0 aliphatic heterocycles. The largest absolute Gasteiger partial charge is 0.464 e. The lowest BCUT2D eigenvalue weighted by molar-refractivity contribution is 0.0590. The topological polar surface area (TPSA) is 31.2 Å². The second-order valence-electron chi connectivity index (χ2n) is 5.72. The van der Waals surface area contributed by atoms with E-state index in [1.807, 2.05) is 34.9 Å². The summed E-state index contributed by atoms with van der Waals surface area (Å²) in [4.78, 5) is 11.9. The number of para-hydroxylation sites is 1. The van der Waals surface area contributed by atoms with Gasteiger partial charge in [0.05, 0.1) is 13.7 Å². The molecule has 1 heterocycles. The molecular formula is C16H19NO2Si. The first kappa shape index (κ1) is 14.4. The lowest BCUT2D eigenvalue weighted by atomic mass is 10.2. The maximum absolute atomic E-state index is 11.9. The van der Waals surface area contributed by atoms with Crippen LogP contribution in [0.1, 0.15) is 10.5 Å². The van der Waals surface area contributed by atoms with E-state index in [9.17, 15) is 4.79 Å². The quantitative estimate of drug-likeness (QED) is 0.481. The van der Waals surface area contributed by atoms with Gasteiger partial charge in [-0.15, -0.1) is 5.54 Å². The van der Waals surface area contributed by atoms with Crippen LogP contribution in [0.25, 0.3) is 10.9 Å². The molecule has 20 heavy (non-hydrogen) atoms. The molecule has 3 nitrogen and oxygen atoms in total. The van der Waals surface area contributed by atoms with Gasteiger partial charge in [-0.05, 0) is 12.1 Å². The summed E-state index contributed by atoms with van der Waals surface area (Å²) in [7, 11) is -0.000797. The summed E-state index contributed by atoms with van der Waals surface area (Å²) in [6, 6.07) is 9.77. The number of ether oxygens (including phenoxy) is 1. The monoisotopic (exact) mass is 285 g/mol. The summed E-state index contributed by atoms with van der Waals surface area (Å²) < 4.78 is 6.78. The molecule has 0 fully saturated rings. The molecule has 0 aliphatic rings. The highest BCUT2D eigenvalue weighted by Crippen LogP contribution is 2.20. The third-order valence-corrected chi connectivity index (χ3v) is 3.83. The van der Waals surface area contributed by atoms with Crippen LogP contribution in [0.4, 0.5) is 0 Å². The molecule has 4 heteroatoms. The van der Waals surface area contributed by atoms with Gasteiger partial charge in [0.1, 0.15) is 13.8 Å². The molecule has 0 spiro atoms. The fourth-order valence-corrected chi connectivity index (χ4v) is 2.65. The number of aromatic nitrogens is 1. The van der Waals surface area contributed by atoms with E-state index in [1.54, 1.807) is 0 Å². The van der Waals surface area contributed by atoms with Gasteiger partial charge in [-0.25, -0.2) is 4.79 Å². The fourth-order valence-electron chi connectivity index (χ4n) is 2.04. The van der Waals surface area contributed by atoms with Gasteiger partial charge < -0.3 is 9.30 Å². The average Bonchev–Trinajstić information content (AvgIpc) is 2.76. The number of carbonyl (C=O) groups is 1. The lowest BCUT2D eigenvalue weighted by Gasteiger charge is -2.07. The highest BCUT2D eigenvalue weighted by atomic mass is 28.3. The van der Waals surface area contributed by atoms with Crippen LogP contribution in [-0.4, -0.2) is 25.7 Å². The summed E-state index contributed by atoms with van der Waals surface area (Å²) in [5.41, 5.74) is 4.89. The zero-order valence-electron chi connectivity index (χ0n) is 12.4. The van der Waals surface area contributed by atoms with Crippen LogP contribution in [0.3, 0.4) is 0 Å². The summed E-state index contributed by atoms with van der Waals surface area (Å²) in [6.45, 7) is 7.13. The third-order valence-electron chi connectivity index (χ3n) is 2.91. The summed E-state index contributed by atoms with van der Waals surface area (Å²) >= 11 is 0. The Kier molecular flexibility index (Phi) is 4.00. The normalized spacial score (nSPS) is 11.0. The molecule has 0 N–H and O–H groups in total. The van der Waals surface area contributed by atoms with Gasteiger partial charge in [-0.3, -0.25) is 0 Å². The van der Waals surface area contributed by atoms with Gasteiger partial charge >= 0.3 is 5.97 Å². The Morgan fingerprint density at radius 3 is 2.65 bits per heavy atom.